The Kier molecular flexibility index (Phi) is 2.95. The average Bonchev–Trinajstić information content (AvgIpc) is 2.38. The Labute approximate surface area is 119 Å². The monoisotopic (exact) mass is 286 g/mol. The molecule has 5 heteroatoms. The third-order valence-corrected chi connectivity index (χ3v) is 3.45. The lowest BCUT2D eigenvalue weighted by molar-refractivity contribution is 0.900. The summed E-state index contributed by atoms with van der Waals surface area (Å²) < 4.78 is 1.10. The van der Waals surface area contributed by atoms with E-state index in [1.54, 1.807) is 36.4 Å². The summed E-state index contributed by atoms with van der Waals surface area (Å²) in [5.41, 5.74) is 1.04. The summed E-state index contributed by atoms with van der Waals surface area (Å²) in [4.78, 5) is 27.4. The van der Waals surface area contributed by atoms with Crippen molar-refractivity contribution in [3.05, 3.63) is 73.9 Å². The molecule has 0 saturated carbocycles. The number of benzene rings is 2. The molecule has 0 radical (unpaired) electrons. The van der Waals surface area contributed by atoms with Crippen LogP contribution in [-0.2, 0) is 0 Å². The van der Waals surface area contributed by atoms with Crippen LogP contribution in [0.25, 0.3) is 16.6 Å². The molecule has 0 saturated heterocycles. The molecule has 3 aromatic rings. The topological polar surface area (TPSA) is 54.9 Å². The fraction of sp³-hybridized carbons (Fsp3) is 0.0667. The molecule has 0 amide bonds. The summed E-state index contributed by atoms with van der Waals surface area (Å²) in [6.07, 6.45) is 0. The Balaban J connectivity index is 2.46. The van der Waals surface area contributed by atoms with E-state index in [-0.39, 0.29) is 0 Å². The highest BCUT2D eigenvalue weighted by molar-refractivity contribution is 6.35. The Hall–Kier alpha value is -2.33. The molecule has 0 unspecified atom stereocenters. The van der Waals surface area contributed by atoms with Gasteiger partial charge in [0, 0.05) is 0 Å². The second kappa shape index (κ2) is 4.65. The van der Waals surface area contributed by atoms with Crippen LogP contribution >= 0.6 is 11.6 Å². The highest BCUT2D eigenvalue weighted by Gasteiger charge is 2.11. The Bertz CT molecular complexity index is 925. The van der Waals surface area contributed by atoms with Gasteiger partial charge in [0.1, 0.15) is 0 Å². The first-order valence-corrected chi connectivity index (χ1v) is 6.46. The van der Waals surface area contributed by atoms with Gasteiger partial charge in [-0.05, 0) is 36.8 Å². The Morgan fingerprint density at radius 2 is 1.85 bits per heavy atom. The first kappa shape index (κ1) is 12.7. The number of aromatic nitrogens is 2. The molecule has 4 nitrogen and oxygen atoms in total. The van der Waals surface area contributed by atoms with E-state index in [4.69, 9.17) is 11.6 Å². The quantitative estimate of drug-likeness (QED) is 0.748. The van der Waals surface area contributed by atoms with Crippen molar-refractivity contribution in [1.29, 1.82) is 0 Å². The molecule has 3 rings (SSSR count). The van der Waals surface area contributed by atoms with Gasteiger partial charge in [0.15, 0.2) is 0 Å². The normalized spacial score (nSPS) is 10.9. The number of aromatic amines is 1. The molecule has 2 aromatic carbocycles. The average molecular weight is 287 g/mol. The highest BCUT2D eigenvalue weighted by Crippen LogP contribution is 2.17. The van der Waals surface area contributed by atoms with Crippen molar-refractivity contribution in [3.63, 3.8) is 0 Å². The fourth-order valence-corrected chi connectivity index (χ4v) is 2.48. The Morgan fingerprint density at radius 1 is 1.10 bits per heavy atom. The van der Waals surface area contributed by atoms with Gasteiger partial charge >= 0.3 is 5.69 Å². The lowest BCUT2D eigenvalue weighted by Crippen LogP contribution is -2.33. The van der Waals surface area contributed by atoms with Crippen molar-refractivity contribution in [2.24, 2.45) is 0 Å². The standard InChI is InChI=1S/C15H11ClN2O2/c1-9-4-2-5-10(8-9)18-14(19)13-11(16)6-3-7-12(13)17-15(18)20/h2-8H,1H3,(H,17,20). The zero-order chi connectivity index (χ0) is 14.3. The number of hydrogen-bond donors (Lipinski definition) is 1. The van der Waals surface area contributed by atoms with Gasteiger partial charge in [-0.3, -0.25) is 4.79 Å². The maximum Gasteiger partial charge on any atom is 0.333 e. The summed E-state index contributed by atoms with van der Waals surface area (Å²) in [5, 5.41) is 0.639. The van der Waals surface area contributed by atoms with E-state index < -0.39 is 11.2 Å². The van der Waals surface area contributed by atoms with Crippen molar-refractivity contribution in [1.82, 2.24) is 9.55 Å². The van der Waals surface area contributed by atoms with E-state index in [2.05, 4.69) is 4.98 Å². The lowest BCUT2D eigenvalue weighted by atomic mass is 10.2. The second-order valence-corrected chi connectivity index (χ2v) is 4.98. The number of H-pyrrole nitrogens is 1. The summed E-state index contributed by atoms with van der Waals surface area (Å²) in [7, 11) is 0. The maximum absolute atomic E-state index is 12.5. The molecule has 1 heterocycles. The first-order valence-electron chi connectivity index (χ1n) is 6.08. The summed E-state index contributed by atoms with van der Waals surface area (Å²) in [5.74, 6) is 0. The van der Waals surface area contributed by atoms with E-state index in [9.17, 15) is 9.59 Å². The molecular formula is C15H11ClN2O2. The van der Waals surface area contributed by atoms with Gasteiger partial charge in [-0.25, -0.2) is 9.36 Å². The summed E-state index contributed by atoms with van der Waals surface area (Å²) >= 11 is 6.07. The van der Waals surface area contributed by atoms with Gasteiger partial charge in [0.25, 0.3) is 5.56 Å². The smallest absolute Gasteiger partial charge is 0.306 e. The number of nitrogens with one attached hydrogen (secondary N) is 1. The molecule has 1 N–H and O–H groups in total. The molecule has 0 spiro atoms. The van der Waals surface area contributed by atoms with Crippen molar-refractivity contribution < 1.29 is 0 Å². The van der Waals surface area contributed by atoms with Crippen molar-refractivity contribution in [2.75, 3.05) is 0 Å². The van der Waals surface area contributed by atoms with Gasteiger partial charge in [-0.2, -0.15) is 0 Å². The summed E-state index contributed by atoms with van der Waals surface area (Å²) in [6.45, 7) is 1.90. The van der Waals surface area contributed by atoms with Crippen LogP contribution in [0.2, 0.25) is 5.02 Å². The number of aryl methyl sites for hydroxylation is 1. The van der Waals surface area contributed by atoms with E-state index in [1.807, 2.05) is 13.0 Å². The van der Waals surface area contributed by atoms with Gasteiger partial charge in [0.2, 0.25) is 0 Å². The third kappa shape index (κ3) is 1.94. The number of nitrogens with zero attached hydrogens (tertiary/aromatic N) is 1. The van der Waals surface area contributed by atoms with E-state index in [0.717, 1.165) is 10.1 Å². The minimum absolute atomic E-state index is 0.315. The molecule has 0 aliphatic heterocycles. The van der Waals surface area contributed by atoms with Gasteiger partial charge < -0.3 is 4.98 Å². The maximum atomic E-state index is 12.5. The molecule has 0 bridgehead atoms. The SMILES string of the molecule is Cc1cccc(-n2c(=O)[nH]c3cccc(Cl)c3c2=O)c1. The number of fused-ring (bicyclic) bond motifs is 1. The molecular weight excluding hydrogens is 276 g/mol. The predicted molar refractivity (Wildman–Crippen MR) is 79.9 cm³/mol. The van der Waals surface area contributed by atoms with Crippen LogP contribution in [0.5, 0.6) is 0 Å². The molecule has 1 aromatic heterocycles. The Morgan fingerprint density at radius 3 is 2.60 bits per heavy atom. The molecule has 0 aliphatic rings. The summed E-state index contributed by atoms with van der Waals surface area (Å²) in [6, 6.07) is 12.2. The third-order valence-electron chi connectivity index (χ3n) is 3.14. The second-order valence-electron chi connectivity index (χ2n) is 4.57. The predicted octanol–water partition coefficient (Wildman–Crippen LogP) is 2.64. The van der Waals surface area contributed by atoms with Gasteiger partial charge in [-0.1, -0.05) is 29.8 Å². The van der Waals surface area contributed by atoms with Crippen LogP contribution in [0.3, 0.4) is 0 Å². The van der Waals surface area contributed by atoms with Crippen LogP contribution in [0.15, 0.2) is 52.1 Å². The van der Waals surface area contributed by atoms with Crippen LogP contribution in [0.1, 0.15) is 5.56 Å². The van der Waals surface area contributed by atoms with E-state index in [0.29, 0.717) is 21.6 Å². The number of hydrogen-bond acceptors (Lipinski definition) is 2. The zero-order valence-corrected chi connectivity index (χ0v) is 11.4. The minimum atomic E-state index is -0.477. The van der Waals surface area contributed by atoms with E-state index in [1.165, 1.54) is 0 Å². The van der Waals surface area contributed by atoms with Crippen LogP contribution < -0.4 is 11.2 Å². The number of rotatable bonds is 1. The van der Waals surface area contributed by atoms with Crippen LogP contribution in [0, 0.1) is 6.92 Å². The first-order chi connectivity index (χ1) is 9.58. The highest BCUT2D eigenvalue weighted by atomic mass is 35.5. The van der Waals surface area contributed by atoms with Crippen LogP contribution in [0.4, 0.5) is 0 Å². The molecule has 0 aliphatic carbocycles. The molecule has 20 heavy (non-hydrogen) atoms. The zero-order valence-electron chi connectivity index (χ0n) is 10.7. The van der Waals surface area contributed by atoms with Crippen molar-refractivity contribution in [2.45, 2.75) is 6.92 Å². The minimum Gasteiger partial charge on any atom is -0.306 e. The van der Waals surface area contributed by atoms with Crippen molar-refractivity contribution in [3.8, 4) is 5.69 Å². The molecule has 0 fully saturated rings. The van der Waals surface area contributed by atoms with E-state index >= 15 is 0 Å². The van der Waals surface area contributed by atoms with Gasteiger partial charge in [0.05, 0.1) is 21.6 Å². The lowest BCUT2D eigenvalue weighted by Gasteiger charge is -2.07. The van der Waals surface area contributed by atoms with Gasteiger partial charge in [-0.15, -0.1) is 0 Å². The fourth-order valence-electron chi connectivity index (χ4n) is 2.22. The van der Waals surface area contributed by atoms with Crippen LogP contribution in [-0.4, -0.2) is 9.55 Å². The molecule has 100 valence electrons. The number of halogens is 1. The molecule has 0 atom stereocenters. The largest absolute Gasteiger partial charge is 0.333 e. The van der Waals surface area contributed by atoms with Crippen molar-refractivity contribution >= 4 is 22.5 Å².